The van der Waals surface area contributed by atoms with Crippen molar-refractivity contribution in [3.05, 3.63) is 22.5 Å². The van der Waals surface area contributed by atoms with Gasteiger partial charge in [0.15, 0.2) is 0 Å². The summed E-state index contributed by atoms with van der Waals surface area (Å²) >= 11 is 6.48. The molecule has 146 valence electrons. The van der Waals surface area contributed by atoms with Crippen LogP contribution in [-0.4, -0.2) is 44.9 Å². The lowest BCUT2D eigenvalue weighted by atomic mass is 9.64. The molecule has 7 nitrogen and oxygen atoms in total. The fourth-order valence-electron chi connectivity index (χ4n) is 4.21. The number of halogens is 2. The van der Waals surface area contributed by atoms with Crippen LogP contribution in [0.25, 0.3) is 5.52 Å². The monoisotopic (exact) mass is 410 g/mol. The first-order chi connectivity index (χ1) is 12.6. The van der Waals surface area contributed by atoms with Crippen molar-refractivity contribution in [3.63, 3.8) is 0 Å². The predicted octanol–water partition coefficient (Wildman–Crippen LogP) is 2.64. The Bertz CT molecular complexity index is 867. The number of fused-ring (bicyclic) bond motifs is 1. The van der Waals surface area contributed by atoms with E-state index >= 15 is 0 Å². The van der Waals surface area contributed by atoms with Crippen molar-refractivity contribution in [1.82, 2.24) is 19.9 Å². The number of nitrogens with one attached hydrogen (secondary N) is 2. The maximum Gasteiger partial charge on any atom is 0.241 e. The molecule has 4 rings (SSSR count). The summed E-state index contributed by atoms with van der Waals surface area (Å²) in [6.45, 7) is 3.55. The lowest BCUT2D eigenvalue weighted by Gasteiger charge is -2.41. The van der Waals surface area contributed by atoms with E-state index in [9.17, 15) is 10.4 Å². The van der Waals surface area contributed by atoms with Crippen LogP contribution in [0.15, 0.2) is 6.20 Å². The molecule has 9 heteroatoms. The number of hydrogen-bond acceptors (Lipinski definition) is 6. The quantitative estimate of drug-likeness (QED) is 0.716. The van der Waals surface area contributed by atoms with Gasteiger partial charge in [-0.15, -0.1) is 17.5 Å². The van der Waals surface area contributed by atoms with Crippen molar-refractivity contribution in [2.45, 2.75) is 56.6 Å². The van der Waals surface area contributed by atoms with Crippen LogP contribution in [0.3, 0.4) is 0 Å². The largest absolute Gasteiger partial charge is 0.390 e. The lowest BCUT2D eigenvalue weighted by Crippen LogP contribution is -2.48. The van der Waals surface area contributed by atoms with Gasteiger partial charge in [-0.1, -0.05) is 24.9 Å². The SMILES string of the molecule is CCC1(c2c(C#N)c(Cl)c3cnc(N[C@@H]4CCNC[C@@H]4O)nn23)CCC1.Cl. The molecule has 1 saturated heterocycles. The van der Waals surface area contributed by atoms with Gasteiger partial charge in [0.25, 0.3) is 0 Å². The van der Waals surface area contributed by atoms with Crippen LogP contribution in [0.5, 0.6) is 0 Å². The van der Waals surface area contributed by atoms with Crippen LogP contribution in [0.4, 0.5) is 5.95 Å². The molecule has 1 aliphatic heterocycles. The highest BCUT2D eigenvalue weighted by Crippen LogP contribution is 2.49. The van der Waals surface area contributed by atoms with Gasteiger partial charge >= 0.3 is 0 Å². The van der Waals surface area contributed by atoms with Crippen LogP contribution in [-0.2, 0) is 5.41 Å². The highest BCUT2D eigenvalue weighted by atomic mass is 35.5. The highest BCUT2D eigenvalue weighted by Gasteiger charge is 2.42. The number of piperidine rings is 1. The van der Waals surface area contributed by atoms with Gasteiger partial charge < -0.3 is 15.7 Å². The number of nitriles is 1. The first kappa shape index (κ1) is 20.2. The molecule has 0 unspecified atom stereocenters. The molecule has 0 aromatic carbocycles. The minimum atomic E-state index is -0.487. The molecule has 0 bridgehead atoms. The van der Waals surface area contributed by atoms with Crippen molar-refractivity contribution < 1.29 is 5.11 Å². The van der Waals surface area contributed by atoms with Gasteiger partial charge in [0.1, 0.15) is 11.6 Å². The molecule has 2 atom stereocenters. The molecular weight excluding hydrogens is 387 g/mol. The molecule has 0 amide bonds. The molecule has 2 aromatic rings. The molecule has 3 N–H and O–H groups in total. The number of aromatic nitrogens is 3. The molecule has 1 aliphatic carbocycles. The first-order valence-electron chi connectivity index (χ1n) is 9.23. The predicted molar refractivity (Wildman–Crippen MR) is 107 cm³/mol. The zero-order chi connectivity index (χ0) is 18.3. The summed E-state index contributed by atoms with van der Waals surface area (Å²) in [5.74, 6) is 0.450. The number of aliphatic hydroxyl groups excluding tert-OH is 1. The molecule has 0 spiro atoms. The Balaban J connectivity index is 0.00000210. The average molecular weight is 411 g/mol. The number of rotatable bonds is 4. The number of aliphatic hydroxyl groups is 1. The van der Waals surface area contributed by atoms with Gasteiger partial charge in [-0.2, -0.15) is 5.26 Å². The average Bonchev–Trinajstić information content (AvgIpc) is 2.89. The molecule has 2 aromatic heterocycles. The van der Waals surface area contributed by atoms with Gasteiger partial charge in [-0.05, 0) is 32.2 Å². The van der Waals surface area contributed by atoms with E-state index in [2.05, 4.69) is 33.7 Å². The Hall–Kier alpha value is -1.59. The van der Waals surface area contributed by atoms with Gasteiger partial charge in [-0.25, -0.2) is 9.50 Å². The second kappa shape index (κ2) is 7.80. The third kappa shape index (κ3) is 3.25. The minimum absolute atomic E-state index is 0. The second-order valence-corrected chi connectivity index (χ2v) is 7.70. The van der Waals surface area contributed by atoms with E-state index in [-0.39, 0.29) is 23.9 Å². The van der Waals surface area contributed by atoms with Gasteiger partial charge in [0, 0.05) is 12.0 Å². The molecule has 3 heterocycles. The fourth-order valence-corrected chi connectivity index (χ4v) is 4.47. The lowest BCUT2D eigenvalue weighted by molar-refractivity contribution is 0.128. The van der Waals surface area contributed by atoms with Gasteiger partial charge in [0.2, 0.25) is 5.95 Å². The van der Waals surface area contributed by atoms with Crippen molar-refractivity contribution in [3.8, 4) is 6.07 Å². The third-order valence-corrected chi connectivity index (χ3v) is 6.37. The normalized spacial score (nSPS) is 23.9. The summed E-state index contributed by atoms with van der Waals surface area (Å²) in [5, 5.41) is 31.3. The smallest absolute Gasteiger partial charge is 0.241 e. The van der Waals surface area contributed by atoms with E-state index in [4.69, 9.17) is 11.6 Å². The fraction of sp³-hybridized carbons (Fsp3) is 0.611. The van der Waals surface area contributed by atoms with E-state index in [1.54, 1.807) is 10.7 Å². The van der Waals surface area contributed by atoms with Crippen LogP contribution < -0.4 is 10.6 Å². The summed E-state index contributed by atoms with van der Waals surface area (Å²) in [6, 6.07) is 2.19. The Labute approximate surface area is 169 Å². The molecule has 2 aliphatic rings. The third-order valence-electron chi connectivity index (χ3n) is 5.99. The zero-order valence-electron chi connectivity index (χ0n) is 15.2. The van der Waals surface area contributed by atoms with E-state index in [0.717, 1.165) is 44.3 Å². The standard InChI is InChI=1S/C18H23ClN6O.ClH/c1-2-18(5-3-6-18)16-11(8-20)15(19)13-9-22-17(24-25(13)16)23-12-4-7-21-10-14(12)26;/h9,12,14,21,26H,2-7,10H2,1H3,(H,23,24);1H/t12-,14+;/m1./s1. The zero-order valence-corrected chi connectivity index (χ0v) is 16.8. The van der Waals surface area contributed by atoms with Crippen molar-refractivity contribution >= 4 is 35.5 Å². The summed E-state index contributed by atoms with van der Waals surface area (Å²) < 4.78 is 1.80. The molecule has 1 saturated carbocycles. The number of anilines is 1. The van der Waals surface area contributed by atoms with E-state index in [0.29, 0.717) is 28.6 Å². The maximum atomic E-state index is 10.1. The summed E-state index contributed by atoms with van der Waals surface area (Å²) in [5.41, 5.74) is 2.04. The van der Waals surface area contributed by atoms with E-state index in [1.807, 2.05) is 0 Å². The van der Waals surface area contributed by atoms with E-state index < -0.39 is 6.10 Å². The van der Waals surface area contributed by atoms with Crippen LogP contribution in [0.2, 0.25) is 5.02 Å². The van der Waals surface area contributed by atoms with Gasteiger partial charge in [0.05, 0.1) is 34.6 Å². The second-order valence-electron chi connectivity index (χ2n) is 7.33. The van der Waals surface area contributed by atoms with Crippen LogP contribution >= 0.6 is 24.0 Å². The number of β-amino-alcohol motifs (C(OH)–C–C–N with tert-alkyl or cyclic N) is 1. The molecule has 27 heavy (non-hydrogen) atoms. The van der Waals surface area contributed by atoms with Gasteiger partial charge in [-0.3, -0.25) is 0 Å². The Kier molecular flexibility index (Phi) is 5.82. The topological polar surface area (TPSA) is 98.3 Å². The van der Waals surface area contributed by atoms with Crippen LogP contribution in [0.1, 0.15) is 50.3 Å². The maximum absolute atomic E-state index is 10.1. The van der Waals surface area contributed by atoms with Crippen molar-refractivity contribution in [2.24, 2.45) is 0 Å². The Morgan fingerprint density at radius 1 is 1.52 bits per heavy atom. The Morgan fingerprint density at radius 2 is 2.30 bits per heavy atom. The minimum Gasteiger partial charge on any atom is -0.390 e. The summed E-state index contributed by atoms with van der Waals surface area (Å²) in [4.78, 5) is 4.37. The molecule has 0 radical (unpaired) electrons. The Morgan fingerprint density at radius 3 is 2.89 bits per heavy atom. The first-order valence-corrected chi connectivity index (χ1v) is 9.60. The molecular formula is C18H24Cl2N6O. The van der Waals surface area contributed by atoms with Crippen molar-refractivity contribution in [2.75, 3.05) is 18.4 Å². The number of nitrogens with zero attached hydrogens (tertiary/aromatic N) is 4. The molecule has 2 fully saturated rings. The summed E-state index contributed by atoms with van der Waals surface area (Å²) in [6.07, 6.45) is 6.16. The highest BCUT2D eigenvalue weighted by molar-refractivity contribution is 6.35. The van der Waals surface area contributed by atoms with Crippen molar-refractivity contribution in [1.29, 1.82) is 5.26 Å². The summed E-state index contributed by atoms with van der Waals surface area (Å²) in [7, 11) is 0. The number of hydrogen-bond donors (Lipinski definition) is 3. The van der Waals surface area contributed by atoms with E-state index in [1.165, 1.54) is 0 Å². The van der Waals surface area contributed by atoms with Crippen LogP contribution in [0, 0.1) is 11.3 Å².